The van der Waals surface area contributed by atoms with Crippen LogP contribution in [0.25, 0.3) is 0 Å². The average Bonchev–Trinajstić information content (AvgIpc) is 2.28. The summed E-state index contributed by atoms with van der Waals surface area (Å²) in [7, 11) is 0. The van der Waals surface area contributed by atoms with E-state index in [0.29, 0.717) is 0 Å². The predicted octanol–water partition coefficient (Wildman–Crippen LogP) is 3.71. The molecule has 1 nitrogen and oxygen atoms in total. The molecule has 16 heavy (non-hydrogen) atoms. The van der Waals surface area contributed by atoms with Crippen molar-refractivity contribution in [3.63, 3.8) is 0 Å². The predicted molar refractivity (Wildman–Crippen MR) is 70.7 cm³/mol. The van der Waals surface area contributed by atoms with E-state index in [4.69, 9.17) is 11.6 Å². The van der Waals surface area contributed by atoms with Gasteiger partial charge in [0, 0.05) is 6.54 Å². The Kier molecular flexibility index (Phi) is 6.85. The van der Waals surface area contributed by atoms with Gasteiger partial charge in [-0.3, -0.25) is 0 Å². The van der Waals surface area contributed by atoms with Crippen LogP contribution in [0.2, 0.25) is 5.02 Å². The molecule has 4 heteroatoms. The zero-order chi connectivity index (χ0) is 11.8. The Balaban J connectivity index is 2.19. The molecule has 0 saturated carbocycles. The van der Waals surface area contributed by atoms with E-state index in [2.05, 4.69) is 12.2 Å². The molecular weight excluding hydrogens is 245 g/mol. The molecule has 0 saturated heterocycles. The van der Waals surface area contributed by atoms with Gasteiger partial charge in [-0.05, 0) is 42.2 Å². The van der Waals surface area contributed by atoms with Gasteiger partial charge in [0.25, 0.3) is 0 Å². The monoisotopic (exact) mass is 261 g/mol. The first-order valence-electron chi connectivity index (χ1n) is 5.46. The van der Waals surface area contributed by atoms with Crippen molar-refractivity contribution in [1.82, 2.24) is 5.32 Å². The second-order valence-electron chi connectivity index (χ2n) is 3.48. The molecule has 90 valence electrons. The van der Waals surface area contributed by atoms with Crippen LogP contribution in [-0.2, 0) is 6.54 Å². The van der Waals surface area contributed by atoms with Crippen LogP contribution in [0.15, 0.2) is 18.2 Å². The molecule has 0 fully saturated rings. The summed E-state index contributed by atoms with van der Waals surface area (Å²) in [6, 6.07) is 4.84. The van der Waals surface area contributed by atoms with Crippen molar-refractivity contribution in [3.05, 3.63) is 34.6 Å². The second kappa shape index (κ2) is 7.93. The fourth-order valence-corrected chi connectivity index (χ4v) is 2.17. The summed E-state index contributed by atoms with van der Waals surface area (Å²) in [5, 5.41) is 3.51. The number of nitrogens with one attached hydrogen (secondary N) is 1. The molecule has 0 aliphatic heterocycles. The molecule has 0 amide bonds. The Bertz CT molecular complexity index is 320. The van der Waals surface area contributed by atoms with Gasteiger partial charge in [-0.1, -0.05) is 24.6 Å². The lowest BCUT2D eigenvalue weighted by atomic mass is 10.2. The zero-order valence-corrected chi connectivity index (χ0v) is 11.0. The van der Waals surface area contributed by atoms with Crippen molar-refractivity contribution in [2.45, 2.75) is 19.9 Å². The maximum Gasteiger partial charge on any atom is 0.141 e. The molecule has 0 spiro atoms. The summed E-state index contributed by atoms with van der Waals surface area (Å²) in [6.07, 6.45) is 1.16. The van der Waals surface area contributed by atoms with Gasteiger partial charge in [-0.15, -0.1) is 0 Å². The number of thioether (sulfide) groups is 1. The molecule has 0 aliphatic carbocycles. The van der Waals surface area contributed by atoms with Gasteiger partial charge in [-0.2, -0.15) is 11.8 Å². The van der Waals surface area contributed by atoms with Crippen LogP contribution in [0.4, 0.5) is 4.39 Å². The number of hydrogen-bond donors (Lipinski definition) is 1. The summed E-state index contributed by atoms with van der Waals surface area (Å²) >= 11 is 7.64. The summed E-state index contributed by atoms with van der Waals surface area (Å²) < 4.78 is 12.9. The lowest BCUT2D eigenvalue weighted by Crippen LogP contribution is -2.15. The summed E-state index contributed by atoms with van der Waals surface area (Å²) in [6.45, 7) is 3.90. The first-order valence-corrected chi connectivity index (χ1v) is 6.99. The van der Waals surface area contributed by atoms with Gasteiger partial charge < -0.3 is 5.32 Å². The highest BCUT2D eigenvalue weighted by molar-refractivity contribution is 7.99. The van der Waals surface area contributed by atoms with E-state index in [1.165, 1.54) is 17.6 Å². The smallest absolute Gasteiger partial charge is 0.141 e. The van der Waals surface area contributed by atoms with Gasteiger partial charge in [0.2, 0.25) is 0 Å². The number of rotatable bonds is 7. The molecule has 0 atom stereocenters. The normalized spacial score (nSPS) is 10.7. The first-order chi connectivity index (χ1) is 7.74. The molecule has 1 rings (SSSR count). The highest BCUT2D eigenvalue weighted by Crippen LogP contribution is 2.15. The average molecular weight is 262 g/mol. The standard InChI is InChI=1S/C12H17ClFNS/c1-2-16-7-3-6-15-9-10-4-5-12(14)11(13)8-10/h4-5,8,15H,2-3,6-7,9H2,1H3. The third kappa shape index (κ3) is 5.19. The minimum absolute atomic E-state index is 0.195. The third-order valence-electron chi connectivity index (χ3n) is 2.16. The molecule has 0 aliphatic rings. The Labute approximate surface area is 106 Å². The van der Waals surface area contributed by atoms with E-state index in [1.807, 2.05) is 11.8 Å². The minimum atomic E-state index is -0.357. The SMILES string of the molecule is CCSCCCNCc1ccc(F)c(Cl)c1. The molecule has 0 unspecified atom stereocenters. The van der Waals surface area contributed by atoms with E-state index >= 15 is 0 Å². The van der Waals surface area contributed by atoms with Gasteiger partial charge in [-0.25, -0.2) is 4.39 Å². The van der Waals surface area contributed by atoms with E-state index in [0.717, 1.165) is 25.1 Å². The molecule has 1 aromatic rings. The van der Waals surface area contributed by atoms with Crippen molar-refractivity contribution in [2.75, 3.05) is 18.1 Å². The maximum absolute atomic E-state index is 12.9. The molecule has 0 bridgehead atoms. The van der Waals surface area contributed by atoms with Crippen molar-refractivity contribution < 1.29 is 4.39 Å². The molecule has 1 aromatic carbocycles. The van der Waals surface area contributed by atoms with Crippen molar-refractivity contribution >= 4 is 23.4 Å². The van der Waals surface area contributed by atoms with Crippen LogP contribution in [-0.4, -0.2) is 18.1 Å². The van der Waals surface area contributed by atoms with Crippen molar-refractivity contribution in [1.29, 1.82) is 0 Å². The molecule has 0 heterocycles. The Morgan fingerprint density at radius 1 is 1.44 bits per heavy atom. The lowest BCUT2D eigenvalue weighted by Gasteiger charge is -2.05. The maximum atomic E-state index is 12.9. The van der Waals surface area contributed by atoms with Gasteiger partial charge in [0.1, 0.15) is 5.82 Å². The third-order valence-corrected chi connectivity index (χ3v) is 3.43. The zero-order valence-electron chi connectivity index (χ0n) is 9.43. The summed E-state index contributed by atoms with van der Waals surface area (Å²) in [4.78, 5) is 0. The Morgan fingerprint density at radius 2 is 2.25 bits per heavy atom. The van der Waals surface area contributed by atoms with Gasteiger partial charge in [0.15, 0.2) is 0 Å². The van der Waals surface area contributed by atoms with Crippen molar-refractivity contribution in [3.8, 4) is 0 Å². The Morgan fingerprint density at radius 3 is 2.94 bits per heavy atom. The quantitative estimate of drug-likeness (QED) is 0.751. The van der Waals surface area contributed by atoms with Crippen LogP contribution in [0.5, 0.6) is 0 Å². The minimum Gasteiger partial charge on any atom is -0.313 e. The lowest BCUT2D eigenvalue weighted by molar-refractivity contribution is 0.625. The molecule has 1 N–H and O–H groups in total. The molecule has 0 radical (unpaired) electrons. The van der Waals surface area contributed by atoms with E-state index in [9.17, 15) is 4.39 Å². The van der Waals surface area contributed by atoms with Gasteiger partial charge >= 0.3 is 0 Å². The molecular formula is C12H17ClFNS. The van der Waals surface area contributed by atoms with Crippen LogP contribution in [0.3, 0.4) is 0 Å². The van der Waals surface area contributed by atoms with Gasteiger partial charge in [0.05, 0.1) is 5.02 Å². The number of benzene rings is 1. The fourth-order valence-electron chi connectivity index (χ4n) is 1.33. The summed E-state index contributed by atoms with van der Waals surface area (Å²) in [5.74, 6) is 2.01. The van der Waals surface area contributed by atoms with E-state index in [-0.39, 0.29) is 10.8 Å². The van der Waals surface area contributed by atoms with E-state index in [1.54, 1.807) is 12.1 Å². The second-order valence-corrected chi connectivity index (χ2v) is 5.28. The highest BCUT2D eigenvalue weighted by Gasteiger charge is 2.00. The fraction of sp³-hybridized carbons (Fsp3) is 0.500. The first kappa shape index (κ1) is 13.8. The number of hydrogen-bond acceptors (Lipinski definition) is 2. The highest BCUT2D eigenvalue weighted by atomic mass is 35.5. The van der Waals surface area contributed by atoms with Crippen LogP contribution >= 0.6 is 23.4 Å². The Hall–Kier alpha value is -0.250. The van der Waals surface area contributed by atoms with Crippen molar-refractivity contribution in [2.24, 2.45) is 0 Å². The van der Waals surface area contributed by atoms with Crippen LogP contribution in [0, 0.1) is 5.82 Å². The van der Waals surface area contributed by atoms with E-state index < -0.39 is 0 Å². The van der Waals surface area contributed by atoms with Crippen LogP contribution in [0.1, 0.15) is 18.9 Å². The molecule has 0 aromatic heterocycles. The largest absolute Gasteiger partial charge is 0.313 e. The summed E-state index contributed by atoms with van der Waals surface area (Å²) in [5.41, 5.74) is 1.02. The van der Waals surface area contributed by atoms with Crippen LogP contribution < -0.4 is 5.32 Å². The topological polar surface area (TPSA) is 12.0 Å². The number of halogens is 2.